The first kappa shape index (κ1) is 25.1. The fourth-order valence-electron chi connectivity index (χ4n) is 4.22. The van der Waals surface area contributed by atoms with Crippen LogP contribution >= 0.6 is 0 Å². The van der Waals surface area contributed by atoms with E-state index in [1.165, 1.54) is 0 Å². The highest BCUT2D eigenvalue weighted by Crippen LogP contribution is 2.33. The van der Waals surface area contributed by atoms with Crippen molar-refractivity contribution in [3.05, 3.63) is 59.7 Å². The van der Waals surface area contributed by atoms with Crippen molar-refractivity contribution >= 4 is 27.3 Å². The largest absolute Gasteiger partial charge is 0.377 e. The van der Waals surface area contributed by atoms with Crippen molar-refractivity contribution in [2.75, 3.05) is 36.0 Å². The summed E-state index contributed by atoms with van der Waals surface area (Å²) in [6.45, 7) is 5.09. The fraction of sp³-hybridized carbons (Fsp3) is 0.500. The highest BCUT2D eigenvalue weighted by molar-refractivity contribution is 7.92. The summed E-state index contributed by atoms with van der Waals surface area (Å²) in [5.41, 5.74) is 3.50. The molecule has 33 heavy (non-hydrogen) atoms. The smallest absolute Gasteiger partial charge is 0.232 e. The van der Waals surface area contributed by atoms with Crippen molar-refractivity contribution in [2.45, 2.75) is 52.0 Å². The van der Waals surface area contributed by atoms with E-state index in [9.17, 15) is 13.2 Å². The van der Waals surface area contributed by atoms with Gasteiger partial charge in [0.05, 0.1) is 11.7 Å². The van der Waals surface area contributed by atoms with Gasteiger partial charge in [-0.1, -0.05) is 44.2 Å². The highest BCUT2D eigenvalue weighted by atomic mass is 32.2. The molecule has 3 rings (SSSR count). The number of carbonyl (C=O) groups excluding carboxylic acids is 1. The van der Waals surface area contributed by atoms with Gasteiger partial charge in [-0.15, -0.1) is 0 Å². The molecule has 0 heterocycles. The third kappa shape index (κ3) is 6.97. The molecule has 7 heteroatoms. The van der Waals surface area contributed by atoms with Crippen LogP contribution in [0.1, 0.15) is 56.6 Å². The molecule has 0 aromatic heterocycles. The molecule has 1 aliphatic carbocycles. The number of rotatable bonds is 12. The minimum absolute atomic E-state index is 0.0827. The number of hydrogen-bond acceptors (Lipinski definition) is 4. The van der Waals surface area contributed by atoms with Gasteiger partial charge in [-0.2, -0.15) is 0 Å². The first-order valence-corrected chi connectivity index (χ1v) is 13.5. The average Bonchev–Trinajstić information content (AvgIpc) is 3.58. The first-order valence-electron chi connectivity index (χ1n) is 11.9. The third-order valence-electron chi connectivity index (χ3n) is 6.06. The van der Waals surface area contributed by atoms with Crippen LogP contribution in [0.3, 0.4) is 0 Å². The number of anilines is 2. The van der Waals surface area contributed by atoms with Crippen LogP contribution in [0.5, 0.6) is 0 Å². The van der Waals surface area contributed by atoms with Crippen molar-refractivity contribution in [3.63, 3.8) is 0 Å². The molecule has 6 nitrogen and oxygen atoms in total. The van der Waals surface area contributed by atoms with Crippen LogP contribution in [0, 0.1) is 5.92 Å². The maximum Gasteiger partial charge on any atom is 0.232 e. The van der Waals surface area contributed by atoms with E-state index in [0.29, 0.717) is 24.6 Å². The SMILES string of the molecule is CCCS(=O)(=O)Nc1ccc(N(C)C)c(CN(CC2CC2)C(=O)C(CC)c2ccccc2)c1. The molecule has 0 spiro atoms. The molecule has 0 radical (unpaired) electrons. The Kier molecular flexibility index (Phi) is 8.40. The zero-order valence-corrected chi connectivity index (χ0v) is 21.1. The Morgan fingerprint density at radius 3 is 2.36 bits per heavy atom. The molecule has 0 aliphatic heterocycles. The van der Waals surface area contributed by atoms with Gasteiger partial charge in [-0.25, -0.2) is 8.42 Å². The van der Waals surface area contributed by atoms with Crippen LogP contribution in [0.25, 0.3) is 0 Å². The van der Waals surface area contributed by atoms with Crippen molar-refractivity contribution in [1.29, 1.82) is 0 Å². The van der Waals surface area contributed by atoms with E-state index in [4.69, 9.17) is 0 Å². The maximum absolute atomic E-state index is 13.7. The number of nitrogens with one attached hydrogen (secondary N) is 1. The lowest BCUT2D eigenvalue weighted by molar-refractivity contribution is -0.133. The van der Waals surface area contributed by atoms with Crippen LogP contribution in [0.4, 0.5) is 11.4 Å². The molecule has 1 atom stereocenters. The lowest BCUT2D eigenvalue weighted by Gasteiger charge is -2.29. The zero-order valence-electron chi connectivity index (χ0n) is 20.3. The second-order valence-corrected chi connectivity index (χ2v) is 11.0. The highest BCUT2D eigenvalue weighted by Gasteiger charge is 2.31. The van der Waals surface area contributed by atoms with E-state index < -0.39 is 10.0 Å². The number of amides is 1. The van der Waals surface area contributed by atoms with Crippen molar-refractivity contribution in [2.24, 2.45) is 5.92 Å². The van der Waals surface area contributed by atoms with Gasteiger partial charge in [-0.05, 0) is 60.9 Å². The normalized spacial score (nSPS) is 14.5. The first-order chi connectivity index (χ1) is 15.7. The standard InChI is InChI=1S/C26H37N3O3S/c1-5-16-33(31,32)27-23-14-15-25(28(3)4)22(17-23)19-29(18-20-12-13-20)26(30)24(6-2)21-10-8-7-9-11-21/h7-11,14-15,17,20,24,27H,5-6,12-13,16,18-19H2,1-4H3. The Hall–Kier alpha value is -2.54. The molecule has 0 bridgehead atoms. The minimum Gasteiger partial charge on any atom is -0.377 e. The topological polar surface area (TPSA) is 69.7 Å². The quantitative estimate of drug-likeness (QED) is 0.481. The molecule has 180 valence electrons. The second-order valence-electron chi connectivity index (χ2n) is 9.19. The van der Waals surface area contributed by atoms with E-state index >= 15 is 0 Å². The van der Waals surface area contributed by atoms with E-state index in [2.05, 4.69) is 11.6 Å². The molecule has 2 aromatic carbocycles. The molecule has 1 saturated carbocycles. The van der Waals surface area contributed by atoms with Crippen molar-refractivity contribution in [3.8, 4) is 0 Å². The van der Waals surface area contributed by atoms with Gasteiger partial charge in [0.15, 0.2) is 0 Å². The second kappa shape index (κ2) is 11.1. The Bertz CT molecular complexity index is 1030. The Balaban J connectivity index is 1.91. The summed E-state index contributed by atoms with van der Waals surface area (Å²) in [7, 11) is 0.542. The number of hydrogen-bond donors (Lipinski definition) is 1. The van der Waals surface area contributed by atoms with Crippen LogP contribution < -0.4 is 9.62 Å². The van der Waals surface area contributed by atoms with Gasteiger partial charge in [0.25, 0.3) is 0 Å². The predicted molar refractivity (Wildman–Crippen MR) is 136 cm³/mol. The van der Waals surface area contributed by atoms with Crippen molar-refractivity contribution < 1.29 is 13.2 Å². The van der Waals surface area contributed by atoms with Gasteiger partial charge >= 0.3 is 0 Å². The van der Waals surface area contributed by atoms with E-state index in [-0.39, 0.29) is 17.6 Å². The van der Waals surface area contributed by atoms with Gasteiger partial charge < -0.3 is 9.80 Å². The summed E-state index contributed by atoms with van der Waals surface area (Å²) < 4.78 is 27.3. The van der Waals surface area contributed by atoms with E-state index in [0.717, 1.165) is 42.6 Å². The van der Waals surface area contributed by atoms with Gasteiger partial charge in [0.2, 0.25) is 15.9 Å². The van der Waals surface area contributed by atoms with Crippen LogP contribution in [0.15, 0.2) is 48.5 Å². The number of carbonyl (C=O) groups is 1. The minimum atomic E-state index is -3.39. The Labute approximate surface area is 199 Å². The fourth-order valence-corrected chi connectivity index (χ4v) is 5.35. The summed E-state index contributed by atoms with van der Waals surface area (Å²) in [6.07, 6.45) is 3.60. The van der Waals surface area contributed by atoms with Gasteiger partial charge in [-0.3, -0.25) is 9.52 Å². The molecule has 1 N–H and O–H groups in total. The number of sulfonamides is 1. The van der Waals surface area contributed by atoms with Gasteiger partial charge in [0, 0.05) is 38.6 Å². The van der Waals surface area contributed by atoms with Crippen LogP contribution in [-0.2, 0) is 21.4 Å². The monoisotopic (exact) mass is 471 g/mol. The summed E-state index contributed by atoms with van der Waals surface area (Å²) in [4.78, 5) is 17.7. The average molecular weight is 472 g/mol. The molecule has 1 aliphatic rings. The number of nitrogens with zero attached hydrogens (tertiary/aromatic N) is 2. The molecule has 0 saturated heterocycles. The van der Waals surface area contributed by atoms with E-state index in [1.54, 1.807) is 6.07 Å². The van der Waals surface area contributed by atoms with Crippen LogP contribution in [0.2, 0.25) is 0 Å². The third-order valence-corrected chi connectivity index (χ3v) is 7.56. The molecular formula is C26H37N3O3S. The molecule has 1 amide bonds. The maximum atomic E-state index is 13.7. The zero-order chi connectivity index (χ0) is 24.0. The lowest BCUT2D eigenvalue weighted by Crippen LogP contribution is -2.36. The summed E-state index contributed by atoms with van der Waals surface area (Å²) in [5.74, 6) is 0.590. The molecular weight excluding hydrogens is 434 g/mol. The molecule has 1 fully saturated rings. The van der Waals surface area contributed by atoms with Gasteiger partial charge in [0.1, 0.15) is 0 Å². The molecule has 1 unspecified atom stereocenters. The number of benzene rings is 2. The van der Waals surface area contributed by atoms with Crippen molar-refractivity contribution in [1.82, 2.24) is 4.90 Å². The predicted octanol–water partition coefficient (Wildman–Crippen LogP) is 4.84. The summed E-state index contributed by atoms with van der Waals surface area (Å²) >= 11 is 0. The van der Waals surface area contributed by atoms with E-state index in [1.807, 2.05) is 73.3 Å². The lowest BCUT2D eigenvalue weighted by atomic mass is 9.94. The molecule has 2 aromatic rings. The summed E-state index contributed by atoms with van der Waals surface area (Å²) in [6, 6.07) is 15.6. The summed E-state index contributed by atoms with van der Waals surface area (Å²) in [5, 5.41) is 0. The van der Waals surface area contributed by atoms with Crippen LogP contribution in [-0.4, -0.2) is 45.6 Å². The Morgan fingerprint density at radius 2 is 1.79 bits per heavy atom. The Morgan fingerprint density at radius 1 is 1.09 bits per heavy atom.